The van der Waals surface area contributed by atoms with Crippen LogP contribution >= 0.6 is 0 Å². The lowest BCUT2D eigenvalue weighted by atomic mass is 9.96. The van der Waals surface area contributed by atoms with Gasteiger partial charge in [0.25, 0.3) is 0 Å². The summed E-state index contributed by atoms with van der Waals surface area (Å²) in [6.07, 6.45) is 5.92. The van der Waals surface area contributed by atoms with Crippen molar-refractivity contribution in [3.8, 4) is 0 Å². The van der Waals surface area contributed by atoms with Crippen LogP contribution < -0.4 is 0 Å². The smallest absolute Gasteiger partial charge is 0.0726 e. The number of aromatic nitrogens is 2. The van der Waals surface area contributed by atoms with Crippen LogP contribution in [-0.4, -0.2) is 64.2 Å². The van der Waals surface area contributed by atoms with Gasteiger partial charge in [0.05, 0.1) is 17.5 Å². The molecule has 0 amide bonds. The van der Waals surface area contributed by atoms with Gasteiger partial charge in [0.15, 0.2) is 0 Å². The third-order valence-corrected chi connectivity index (χ3v) is 4.07. The van der Waals surface area contributed by atoms with Crippen molar-refractivity contribution in [1.82, 2.24) is 19.8 Å². The standard InChI is InChI=1S/C16H28N4O/c1-13-8-18-16(9-17-13)12-19(3)11-15-4-6-20(7-5-15)10-14(2)21/h8-9,14-15,21H,4-7,10-12H2,1-3H3. The molecule has 1 aromatic rings. The van der Waals surface area contributed by atoms with Crippen LogP contribution in [0, 0.1) is 12.8 Å². The molecule has 0 spiro atoms. The van der Waals surface area contributed by atoms with Crippen LogP contribution in [0.4, 0.5) is 0 Å². The first-order valence-corrected chi connectivity index (χ1v) is 7.89. The van der Waals surface area contributed by atoms with Crippen LogP contribution in [0.15, 0.2) is 12.4 Å². The van der Waals surface area contributed by atoms with Crippen LogP contribution in [0.25, 0.3) is 0 Å². The molecule has 1 atom stereocenters. The highest BCUT2D eigenvalue weighted by Crippen LogP contribution is 2.18. The summed E-state index contributed by atoms with van der Waals surface area (Å²) in [6, 6.07) is 0. The van der Waals surface area contributed by atoms with Gasteiger partial charge in [0.1, 0.15) is 0 Å². The van der Waals surface area contributed by atoms with Gasteiger partial charge in [0.2, 0.25) is 0 Å². The lowest BCUT2D eigenvalue weighted by Crippen LogP contribution is -2.40. The predicted octanol–water partition coefficient (Wildman–Crippen LogP) is 1.31. The summed E-state index contributed by atoms with van der Waals surface area (Å²) in [7, 11) is 2.16. The minimum Gasteiger partial charge on any atom is -0.392 e. The molecule has 2 rings (SSSR count). The van der Waals surface area contributed by atoms with E-state index in [4.69, 9.17) is 0 Å². The fourth-order valence-electron chi connectivity index (χ4n) is 3.01. The zero-order valence-corrected chi connectivity index (χ0v) is 13.5. The van der Waals surface area contributed by atoms with E-state index in [0.29, 0.717) is 0 Å². The van der Waals surface area contributed by atoms with Gasteiger partial charge in [-0.2, -0.15) is 0 Å². The Morgan fingerprint density at radius 3 is 2.62 bits per heavy atom. The maximum Gasteiger partial charge on any atom is 0.0726 e. The van der Waals surface area contributed by atoms with Gasteiger partial charge in [-0.1, -0.05) is 0 Å². The number of piperidine rings is 1. The molecule has 2 heterocycles. The van der Waals surface area contributed by atoms with E-state index in [1.165, 1.54) is 12.8 Å². The molecule has 0 radical (unpaired) electrons. The molecule has 5 nitrogen and oxygen atoms in total. The molecule has 1 fully saturated rings. The van der Waals surface area contributed by atoms with Crippen molar-refractivity contribution in [1.29, 1.82) is 0 Å². The van der Waals surface area contributed by atoms with E-state index in [1.54, 1.807) is 0 Å². The molecule has 21 heavy (non-hydrogen) atoms. The monoisotopic (exact) mass is 292 g/mol. The fourth-order valence-corrected chi connectivity index (χ4v) is 3.01. The molecule has 1 N–H and O–H groups in total. The van der Waals surface area contributed by atoms with Gasteiger partial charge < -0.3 is 14.9 Å². The number of hydrogen-bond acceptors (Lipinski definition) is 5. The molecular formula is C16H28N4O. The Balaban J connectivity index is 1.71. The van der Waals surface area contributed by atoms with Crippen molar-refractivity contribution < 1.29 is 5.11 Å². The van der Waals surface area contributed by atoms with E-state index in [0.717, 1.165) is 50.0 Å². The third-order valence-electron chi connectivity index (χ3n) is 4.07. The van der Waals surface area contributed by atoms with Crippen molar-refractivity contribution in [2.24, 2.45) is 5.92 Å². The zero-order chi connectivity index (χ0) is 15.2. The van der Waals surface area contributed by atoms with Gasteiger partial charge in [-0.05, 0) is 52.7 Å². The Morgan fingerprint density at radius 1 is 1.33 bits per heavy atom. The number of β-amino-alcohol motifs (C(OH)–C–C–N with tert-alkyl or cyclic N) is 1. The van der Waals surface area contributed by atoms with Gasteiger partial charge >= 0.3 is 0 Å². The second kappa shape index (κ2) is 7.82. The maximum atomic E-state index is 9.44. The lowest BCUT2D eigenvalue weighted by molar-refractivity contribution is 0.0918. The van der Waals surface area contributed by atoms with Gasteiger partial charge in [0, 0.05) is 32.0 Å². The molecule has 0 aromatic carbocycles. The number of aliphatic hydroxyl groups is 1. The van der Waals surface area contributed by atoms with Crippen molar-refractivity contribution in [3.63, 3.8) is 0 Å². The number of aliphatic hydroxyl groups excluding tert-OH is 1. The number of nitrogens with zero attached hydrogens (tertiary/aromatic N) is 4. The fraction of sp³-hybridized carbons (Fsp3) is 0.750. The second-order valence-electron chi connectivity index (χ2n) is 6.44. The molecule has 118 valence electrons. The molecule has 1 aliphatic heterocycles. The van der Waals surface area contributed by atoms with Crippen molar-refractivity contribution in [3.05, 3.63) is 23.8 Å². The molecule has 5 heteroatoms. The summed E-state index contributed by atoms with van der Waals surface area (Å²) in [4.78, 5) is 13.4. The summed E-state index contributed by atoms with van der Waals surface area (Å²) in [6.45, 7) is 8.81. The Bertz CT molecular complexity index is 413. The van der Waals surface area contributed by atoms with Crippen LogP contribution in [-0.2, 0) is 6.54 Å². The van der Waals surface area contributed by atoms with E-state index in [2.05, 4.69) is 26.8 Å². The molecule has 1 saturated heterocycles. The largest absolute Gasteiger partial charge is 0.392 e. The number of aryl methyl sites for hydroxylation is 1. The van der Waals surface area contributed by atoms with E-state index < -0.39 is 0 Å². The van der Waals surface area contributed by atoms with Crippen LogP contribution in [0.1, 0.15) is 31.2 Å². The molecule has 1 aliphatic rings. The highest BCUT2D eigenvalue weighted by Gasteiger charge is 2.21. The van der Waals surface area contributed by atoms with Crippen molar-refractivity contribution in [2.75, 3.05) is 33.2 Å². The second-order valence-corrected chi connectivity index (χ2v) is 6.44. The summed E-state index contributed by atoms with van der Waals surface area (Å²) >= 11 is 0. The molecule has 1 aromatic heterocycles. The normalized spacial score (nSPS) is 19.1. The Hall–Kier alpha value is -1.04. The van der Waals surface area contributed by atoms with Gasteiger partial charge in [-0.15, -0.1) is 0 Å². The van der Waals surface area contributed by atoms with E-state index >= 15 is 0 Å². The Labute approximate surface area is 128 Å². The number of likely N-dealkylation sites (tertiary alicyclic amines) is 1. The lowest BCUT2D eigenvalue weighted by Gasteiger charge is -2.34. The van der Waals surface area contributed by atoms with Crippen LogP contribution in [0.2, 0.25) is 0 Å². The minimum absolute atomic E-state index is 0.218. The molecule has 0 saturated carbocycles. The summed E-state index contributed by atoms with van der Waals surface area (Å²) < 4.78 is 0. The molecular weight excluding hydrogens is 264 g/mol. The third kappa shape index (κ3) is 5.69. The van der Waals surface area contributed by atoms with E-state index in [1.807, 2.05) is 26.2 Å². The van der Waals surface area contributed by atoms with Gasteiger partial charge in [-0.3, -0.25) is 9.97 Å². The maximum absolute atomic E-state index is 9.44. The quantitative estimate of drug-likeness (QED) is 0.857. The summed E-state index contributed by atoms with van der Waals surface area (Å²) in [5.74, 6) is 0.749. The molecule has 0 bridgehead atoms. The highest BCUT2D eigenvalue weighted by atomic mass is 16.3. The minimum atomic E-state index is -0.218. The summed E-state index contributed by atoms with van der Waals surface area (Å²) in [5.41, 5.74) is 2.00. The van der Waals surface area contributed by atoms with Gasteiger partial charge in [-0.25, -0.2) is 0 Å². The molecule has 0 aliphatic carbocycles. The zero-order valence-electron chi connectivity index (χ0n) is 13.5. The summed E-state index contributed by atoms with van der Waals surface area (Å²) in [5, 5.41) is 9.44. The number of hydrogen-bond donors (Lipinski definition) is 1. The van der Waals surface area contributed by atoms with E-state index in [9.17, 15) is 5.11 Å². The first-order valence-electron chi connectivity index (χ1n) is 7.89. The molecule has 1 unspecified atom stereocenters. The Morgan fingerprint density at radius 2 is 2.05 bits per heavy atom. The first-order chi connectivity index (χ1) is 10.0. The first kappa shape index (κ1) is 16.3. The predicted molar refractivity (Wildman–Crippen MR) is 83.9 cm³/mol. The van der Waals surface area contributed by atoms with Crippen molar-refractivity contribution >= 4 is 0 Å². The van der Waals surface area contributed by atoms with Crippen molar-refractivity contribution in [2.45, 2.75) is 39.3 Å². The number of rotatable bonds is 6. The topological polar surface area (TPSA) is 52.5 Å². The average Bonchev–Trinajstić information content (AvgIpc) is 2.43. The van der Waals surface area contributed by atoms with Crippen LogP contribution in [0.3, 0.4) is 0 Å². The highest BCUT2D eigenvalue weighted by molar-refractivity contribution is 5.00. The SMILES string of the molecule is Cc1cnc(CN(C)CC2CCN(CC(C)O)CC2)cn1. The average molecular weight is 292 g/mol. The van der Waals surface area contributed by atoms with E-state index in [-0.39, 0.29) is 6.10 Å². The van der Waals surface area contributed by atoms with Crippen LogP contribution in [0.5, 0.6) is 0 Å². The Kier molecular flexibility index (Phi) is 6.08.